The SMILES string of the molecule is CC(O)CC(C)Nc1ccc([N+](=O)[O-])cc1C(=O)O. The Morgan fingerprint density at radius 3 is 2.58 bits per heavy atom. The predicted molar refractivity (Wildman–Crippen MR) is 69.4 cm³/mol. The lowest BCUT2D eigenvalue weighted by Crippen LogP contribution is -2.22. The van der Waals surface area contributed by atoms with Gasteiger partial charge in [0.1, 0.15) is 0 Å². The zero-order valence-corrected chi connectivity index (χ0v) is 10.7. The highest BCUT2D eigenvalue weighted by atomic mass is 16.6. The molecule has 1 aromatic carbocycles. The second-order valence-corrected chi connectivity index (χ2v) is 4.42. The summed E-state index contributed by atoms with van der Waals surface area (Å²) in [5.41, 5.74) is -0.135. The van der Waals surface area contributed by atoms with E-state index in [2.05, 4.69) is 5.32 Å². The standard InChI is InChI=1S/C12H16N2O5/c1-7(5-8(2)15)13-11-4-3-9(14(18)19)6-10(11)12(16)17/h3-4,6-8,13,15H,5H2,1-2H3,(H,16,17). The molecule has 7 nitrogen and oxygen atoms in total. The Bertz CT molecular complexity index is 487. The molecule has 0 bridgehead atoms. The number of benzene rings is 1. The molecule has 0 saturated heterocycles. The molecule has 2 unspecified atom stereocenters. The van der Waals surface area contributed by atoms with E-state index in [4.69, 9.17) is 5.11 Å². The second kappa shape index (κ2) is 6.14. The van der Waals surface area contributed by atoms with E-state index in [1.807, 2.05) is 0 Å². The summed E-state index contributed by atoms with van der Waals surface area (Å²) in [6.07, 6.45) is -0.0791. The van der Waals surface area contributed by atoms with Gasteiger partial charge in [0.05, 0.1) is 16.6 Å². The minimum atomic E-state index is -1.24. The number of rotatable bonds is 6. The fraction of sp³-hybridized carbons (Fsp3) is 0.417. The minimum absolute atomic E-state index is 0.153. The molecule has 1 rings (SSSR count). The van der Waals surface area contributed by atoms with Crippen LogP contribution in [0.15, 0.2) is 18.2 Å². The van der Waals surface area contributed by atoms with Gasteiger partial charge in [-0.25, -0.2) is 4.79 Å². The quantitative estimate of drug-likeness (QED) is 0.536. The highest BCUT2D eigenvalue weighted by Gasteiger charge is 2.17. The normalized spacial score (nSPS) is 13.6. The van der Waals surface area contributed by atoms with Crippen molar-refractivity contribution in [3.05, 3.63) is 33.9 Å². The van der Waals surface area contributed by atoms with Crippen molar-refractivity contribution in [2.24, 2.45) is 0 Å². The molecular weight excluding hydrogens is 252 g/mol. The van der Waals surface area contributed by atoms with Crippen LogP contribution in [-0.4, -0.2) is 33.3 Å². The van der Waals surface area contributed by atoms with Gasteiger partial charge in [0.25, 0.3) is 5.69 Å². The Hall–Kier alpha value is -2.15. The number of nitrogens with zero attached hydrogens (tertiary/aromatic N) is 1. The van der Waals surface area contributed by atoms with Crippen molar-refractivity contribution in [1.82, 2.24) is 0 Å². The Morgan fingerprint density at radius 2 is 2.11 bits per heavy atom. The fourth-order valence-electron chi connectivity index (χ4n) is 1.78. The van der Waals surface area contributed by atoms with E-state index in [0.29, 0.717) is 12.1 Å². The van der Waals surface area contributed by atoms with Gasteiger partial charge in [-0.05, 0) is 26.3 Å². The largest absolute Gasteiger partial charge is 0.478 e. The molecule has 104 valence electrons. The minimum Gasteiger partial charge on any atom is -0.478 e. The van der Waals surface area contributed by atoms with Crippen LogP contribution >= 0.6 is 0 Å². The third-order valence-corrected chi connectivity index (χ3v) is 2.54. The average molecular weight is 268 g/mol. The Morgan fingerprint density at radius 1 is 1.47 bits per heavy atom. The summed E-state index contributed by atoms with van der Waals surface area (Å²) >= 11 is 0. The maximum atomic E-state index is 11.1. The highest BCUT2D eigenvalue weighted by Crippen LogP contribution is 2.23. The van der Waals surface area contributed by atoms with E-state index in [1.165, 1.54) is 12.1 Å². The fourth-order valence-corrected chi connectivity index (χ4v) is 1.78. The van der Waals surface area contributed by atoms with Crippen molar-refractivity contribution in [2.75, 3.05) is 5.32 Å². The molecule has 2 atom stereocenters. The first-order valence-corrected chi connectivity index (χ1v) is 5.77. The van der Waals surface area contributed by atoms with Crippen LogP contribution < -0.4 is 5.32 Å². The van der Waals surface area contributed by atoms with Crippen LogP contribution in [0, 0.1) is 10.1 Å². The van der Waals surface area contributed by atoms with Crippen molar-refractivity contribution in [2.45, 2.75) is 32.4 Å². The van der Waals surface area contributed by atoms with Crippen molar-refractivity contribution < 1.29 is 19.9 Å². The zero-order chi connectivity index (χ0) is 14.6. The van der Waals surface area contributed by atoms with Crippen molar-refractivity contribution in [1.29, 1.82) is 0 Å². The van der Waals surface area contributed by atoms with Gasteiger partial charge < -0.3 is 15.5 Å². The Kier molecular flexibility index (Phi) is 4.82. The molecule has 0 spiro atoms. The average Bonchev–Trinajstić information content (AvgIpc) is 2.27. The molecule has 0 radical (unpaired) electrons. The zero-order valence-electron chi connectivity index (χ0n) is 10.7. The summed E-state index contributed by atoms with van der Waals surface area (Å²) in [5, 5.41) is 31.8. The van der Waals surface area contributed by atoms with E-state index in [-0.39, 0.29) is 17.3 Å². The number of hydrogen-bond donors (Lipinski definition) is 3. The third-order valence-electron chi connectivity index (χ3n) is 2.54. The topological polar surface area (TPSA) is 113 Å². The van der Waals surface area contributed by atoms with Gasteiger partial charge in [-0.1, -0.05) is 0 Å². The number of carboxylic acids is 1. The number of aliphatic hydroxyl groups is 1. The summed E-state index contributed by atoms with van der Waals surface area (Å²) < 4.78 is 0. The summed E-state index contributed by atoms with van der Waals surface area (Å²) in [6, 6.07) is 3.46. The van der Waals surface area contributed by atoms with Gasteiger partial charge >= 0.3 is 5.97 Å². The Labute approximate surface area is 110 Å². The maximum absolute atomic E-state index is 11.1. The third kappa shape index (κ3) is 4.22. The molecule has 0 amide bonds. The molecule has 3 N–H and O–H groups in total. The lowest BCUT2D eigenvalue weighted by Gasteiger charge is -2.18. The predicted octanol–water partition coefficient (Wildman–Crippen LogP) is 1.86. The number of nitro groups is 1. The molecule has 0 aliphatic rings. The van der Waals surface area contributed by atoms with Crippen LogP contribution in [0.2, 0.25) is 0 Å². The number of anilines is 1. The molecule has 0 aliphatic carbocycles. The molecular formula is C12H16N2O5. The summed E-state index contributed by atoms with van der Waals surface area (Å²) in [5.74, 6) is -1.24. The van der Waals surface area contributed by atoms with E-state index in [9.17, 15) is 20.0 Å². The molecule has 7 heteroatoms. The number of carbonyl (C=O) groups is 1. The van der Waals surface area contributed by atoms with Crippen LogP contribution in [0.5, 0.6) is 0 Å². The number of aromatic carboxylic acids is 1. The molecule has 0 aromatic heterocycles. The van der Waals surface area contributed by atoms with Crippen molar-refractivity contribution in [3.8, 4) is 0 Å². The number of nitrogens with one attached hydrogen (secondary N) is 1. The lowest BCUT2D eigenvalue weighted by atomic mass is 10.1. The van der Waals surface area contributed by atoms with Crippen molar-refractivity contribution >= 4 is 17.3 Å². The van der Waals surface area contributed by atoms with E-state index < -0.39 is 17.0 Å². The van der Waals surface area contributed by atoms with Gasteiger partial charge in [0.2, 0.25) is 0 Å². The van der Waals surface area contributed by atoms with Crippen LogP contribution in [-0.2, 0) is 0 Å². The first kappa shape index (κ1) is 14.9. The maximum Gasteiger partial charge on any atom is 0.338 e. The van der Waals surface area contributed by atoms with Crippen LogP contribution in [0.25, 0.3) is 0 Å². The smallest absolute Gasteiger partial charge is 0.338 e. The molecule has 19 heavy (non-hydrogen) atoms. The molecule has 0 fully saturated rings. The summed E-state index contributed by atoms with van der Waals surface area (Å²) in [6.45, 7) is 3.42. The van der Waals surface area contributed by atoms with E-state index in [0.717, 1.165) is 6.07 Å². The van der Waals surface area contributed by atoms with Gasteiger partial charge in [-0.3, -0.25) is 10.1 Å². The summed E-state index contributed by atoms with van der Waals surface area (Å²) in [7, 11) is 0. The lowest BCUT2D eigenvalue weighted by molar-refractivity contribution is -0.384. The van der Waals surface area contributed by atoms with Gasteiger partial charge in [0, 0.05) is 23.9 Å². The molecule has 0 saturated carbocycles. The molecule has 1 aromatic rings. The van der Waals surface area contributed by atoms with Gasteiger partial charge in [-0.15, -0.1) is 0 Å². The van der Waals surface area contributed by atoms with Crippen molar-refractivity contribution in [3.63, 3.8) is 0 Å². The first-order chi connectivity index (χ1) is 8.81. The number of aliphatic hydroxyl groups excluding tert-OH is 1. The Balaban J connectivity index is 3.00. The number of nitro benzene ring substituents is 1. The van der Waals surface area contributed by atoms with Gasteiger partial charge in [0.15, 0.2) is 0 Å². The monoisotopic (exact) mass is 268 g/mol. The van der Waals surface area contributed by atoms with Crippen LogP contribution in [0.1, 0.15) is 30.6 Å². The number of non-ortho nitro benzene ring substituents is 1. The molecule has 0 aliphatic heterocycles. The highest BCUT2D eigenvalue weighted by molar-refractivity contribution is 5.95. The van der Waals surface area contributed by atoms with E-state index in [1.54, 1.807) is 13.8 Å². The van der Waals surface area contributed by atoms with Crippen LogP contribution in [0.4, 0.5) is 11.4 Å². The van der Waals surface area contributed by atoms with Crippen LogP contribution in [0.3, 0.4) is 0 Å². The number of hydrogen-bond acceptors (Lipinski definition) is 5. The van der Waals surface area contributed by atoms with E-state index >= 15 is 0 Å². The summed E-state index contributed by atoms with van der Waals surface area (Å²) in [4.78, 5) is 21.1. The first-order valence-electron chi connectivity index (χ1n) is 5.77. The molecule has 0 heterocycles. The second-order valence-electron chi connectivity index (χ2n) is 4.42. The number of carboxylic acid groups (broad SMARTS) is 1. The van der Waals surface area contributed by atoms with Gasteiger partial charge in [-0.2, -0.15) is 0 Å².